The summed E-state index contributed by atoms with van der Waals surface area (Å²) < 4.78 is 2.70. The van der Waals surface area contributed by atoms with Crippen LogP contribution in [0.2, 0.25) is 0 Å². The second kappa shape index (κ2) is 5.09. The number of para-hydroxylation sites is 1. The Morgan fingerprint density at radius 3 is 3.24 bits per heavy atom. The second-order valence-corrected chi connectivity index (χ2v) is 8.01. The average molecular weight is 299 g/mol. The highest BCUT2D eigenvalue weighted by Crippen LogP contribution is 2.41. The zero-order valence-corrected chi connectivity index (χ0v) is 13.2. The molecule has 1 fully saturated rings. The first-order valence-electron chi connectivity index (χ1n) is 7.75. The molecule has 1 aromatic carbocycles. The van der Waals surface area contributed by atoms with Crippen LogP contribution in [0.25, 0.3) is 11.3 Å². The molecule has 0 bridgehead atoms. The minimum absolute atomic E-state index is 0.362. The van der Waals surface area contributed by atoms with Crippen molar-refractivity contribution in [2.45, 2.75) is 37.5 Å². The Morgan fingerprint density at radius 1 is 1.43 bits per heavy atom. The summed E-state index contributed by atoms with van der Waals surface area (Å²) in [6.45, 7) is 4.49. The van der Waals surface area contributed by atoms with Gasteiger partial charge in [0.2, 0.25) is 0 Å². The summed E-state index contributed by atoms with van der Waals surface area (Å²) >= 11 is 2.11. The fourth-order valence-electron chi connectivity index (χ4n) is 3.55. The maximum atomic E-state index is 4.42. The summed E-state index contributed by atoms with van der Waals surface area (Å²) in [5.41, 5.74) is 5.29. The van der Waals surface area contributed by atoms with Gasteiger partial charge in [0.25, 0.3) is 0 Å². The van der Waals surface area contributed by atoms with Crippen LogP contribution in [0, 0.1) is 0 Å². The first-order valence-corrected chi connectivity index (χ1v) is 8.74. The van der Waals surface area contributed by atoms with E-state index in [2.05, 4.69) is 51.8 Å². The van der Waals surface area contributed by atoms with Gasteiger partial charge in [-0.1, -0.05) is 18.2 Å². The normalized spacial score (nSPS) is 24.0. The SMILES string of the molecule is CC1(Cn2cncc2-c2cccc3c2NCC3)CCCS1. The van der Waals surface area contributed by atoms with Crippen molar-refractivity contribution in [2.75, 3.05) is 17.6 Å². The number of imidazole rings is 1. The quantitative estimate of drug-likeness (QED) is 0.935. The predicted octanol–water partition coefficient (Wildman–Crippen LogP) is 3.80. The van der Waals surface area contributed by atoms with Crippen molar-refractivity contribution in [3.05, 3.63) is 36.3 Å². The highest BCUT2D eigenvalue weighted by Gasteiger charge is 2.30. The molecule has 2 aliphatic rings. The predicted molar refractivity (Wildman–Crippen MR) is 90.0 cm³/mol. The largest absolute Gasteiger partial charge is 0.384 e. The number of hydrogen-bond donors (Lipinski definition) is 1. The molecule has 110 valence electrons. The molecule has 1 atom stereocenters. The molecular formula is C17H21N3S. The maximum Gasteiger partial charge on any atom is 0.0951 e. The molecule has 4 heteroatoms. The van der Waals surface area contributed by atoms with Crippen molar-refractivity contribution in [3.63, 3.8) is 0 Å². The summed E-state index contributed by atoms with van der Waals surface area (Å²) in [6.07, 6.45) is 7.78. The maximum absolute atomic E-state index is 4.42. The van der Waals surface area contributed by atoms with Crippen molar-refractivity contribution >= 4 is 17.4 Å². The number of aromatic nitrogens is 2. The second-order valence-electron chi connectivity index (χ2n) is 6.33. The van der Waals surface area contributed by atoms with Crippen molar-refractivity contribution in [1.29, 1.82) is 0 Å². The third-order valence-electron chi connectivity index (χ3n) is 4.64. The molecule has 2 aromatic rings. The van der Waals surface area contributed by atoms with E-state index in [0.29, 0.717) is 4.75 Å². The van der Waals surface area contributed by atoms with Gasteiger partial charge in [-0.05, 0) is 37.5 Å². The van der Waals surface area contributed by atoms with Gasteiger partial charge in [-0.15, -0.1) is 0 Å². The smallest absolute Gasteiger partial charge is 0.0951 e. The summed E-state index contributed by atoms with van der Waals surface area (Å²) in [4.78, 5) is 4.42. The van der Waals surface area contributed by atoms with E-state index in [9.17, 15) is 0 Å². The monoisotopic (exact) mass is 299 g/mol. The van der Waals surface area contributed by atoms with Gasteiger partial charge in [0.15, 0.2) is 0 Å². The highest BCUT2D eigenvalue weighted by molar-refractivity contribution is 8.00. The number of nitrogens with zero attached hydrogens (tertiary/aromatic N) is 2. The number of benzene rings is 1. The molecule has 0 amide bonds. The Hall–Kier alpha value is -1.42. The summed E-state index contributed by atoms with van der Waals surface area (Å²) in [5, 5.41) is 3.54. The fraction of sp³-hybridized carbons (Fsp3) is 0.471. The van der Waals surface area contributed by atoms with E-state index < -0.39 is 0 Å². The van der Waals surface area contributed by atoms with Crippen LogP contribution in [0.4, 0.5) is 5.69 Å². The summed E-state index contributed by atoms with van der Waals surface area (Å²) in [5.74, 6) is 1.29. The van der Waals surface area contributed by atoms with Crippen LogP contribution in [0.15, 0.2) is 30.7 Å². The van der Waals surface area contributed by atoms with Gasteiger partial charge in [-0.25, -0.2) is 4.98 Å². The molecule has 0 aliphatic carbocycles. The molecule has 1 N–H and O–H groups in total. The number of hydrogen-bond acceptors (Lipinski definition) is 3. The molecule has 4 rings (SSSR count). The molecule has 2 aliphatic heterocycles. The van der Waals surface area contributed by atoms with Crippen molar-refractivity contribution in [2.24, 2.45) is 0 Å². The lowest BCUT2D eigenvalue weighted by Gasteiger charge is -2.24. The van der Waals surface area contributed by atoms with E-state index >= 15 is 0 Å². The number of nitrogens with one attached hydrogen (secondary N) is 1. The lowest BCUT2D eigenvalue weighted by molar-refractivity contribution is 0.513. The Bertz CT molecular complexity index is 656. The molecule has 1 saturated heterocycles. The van der Waals surface area contributed by atoms with Gasteiger partial charge in [-0.3, -0.25) is 0 Å². The zero-order valence-electron chi connectivity index (χ0n) is 12.4. The van der Waals surface area contributed by atoms with Gasteiger partial charge in [0.05, 0.1) is 18.2 Å². The Kier molecular flexibility index (Phi) is 3.21. The van der Waals surface area contributed by atoms with Crippen LogP contribution in [-0.2, 0) is 13.0 Å². The third kappa shape index (κ3) is 2.35. The highest BCUT2D eigenvalue weighted by atomic mass is 32.2. The molecule has 1 unspecified atom stereocenters. The first kappa shape index (κ1) is 13.3. The van der Waals surface area contributed by atoms with Crippen LogP contribution < -0.4 is 5.32 Å². The number of fused-ring (bicyclic) bond motifs is 1. The van der Waals surface area contributed by atoms with Crippen LogP contribution in [0.5, 0.6) is 0 Å². The third-order valence-corrected chi connectivity index (χ3v) is 6.16. The Morgan fingerprint density at radius 2 is 2.38 bits per heavy atom. The van der Waals surface area contributed by atoms with Gasteiger partial charge in [-0.2, -0.15) is 11.8 Å². The van der Waals surface area contributed by atoms with E-state index in [4.69, 9.17) is 0 Å². The van der Waals surface area contributed by atoms with E-state index in [1.165, 1.54) is 41.1 Å². The van der Waals surface area contributed by atoms with E-state index in [1.54, 1.807) is 0 Å². The van der Waals surface area contributed by atoms with E-state index in [1.807, 2.05) is 12.5 Å². The number of rotatable bonds is 3. The molecule has 21 heavy (non-hydrogen) atoms. The minimum atomic E-state index is 0.362. The molecule has 0 spiro atoms. The standard InChI is InChI=1S/C17H21N3S/c1-17(7-3-9-21-17)11-20-12-18-10-15(20)14-5-2-4-13-6-8-19-16(13)14/h2,4-5,10,12,19H,3,6-9,11H2,1H3. The first-order chi connectivity index (χ1) is 10.3. The summed E-state index contributed by atoms with van der Waals surface area (Å²) in [7, 11) is 0. The topological polar surface area (TPSA) is 29.9 Å². The lowest BCUT2D eigenvalue weighted by Crippen LogP contribution is -2.23. The van der Waals surface area contributed by atoms with E-state index in [0.717, 1.165) is 19.5 Å². The molecule has 0 saturated carbocycles. The average Bonchev–Trinajstić information content (AvgIpc) is 3.19. The van der Waals surface area contributed by atoms with Gasteiger partial charge in [0, 0.05) is 29.1 Å². The van der Waals surface area contributed by atoms with Gasteiger partial charge < -0.3 is 9.88 Å². The molecule has 1 aromatic heterocycles. The fourth-order valence-corrected chi connectivity index (χ4v) is 4.85. The Balaban J connectivity index is 1.71. The minimum Gasteiger partial charge on any atom is -0.384 e. The zero-order chi connectivity index (χ0) is 14.3. The van der Waals surface area contributed by atoms with Gasteiger partial charge in [0.1, 0.15) is 0 Å². The number of anilines is 1. The van der Waals surface area contributed by atoms with Crippen LogP contribution in [-0.4, -0.2) is 26.6 Å². The van der Waals surface area contributed by atoms with Crippen LogP contribution in [0.3, 0.4) is 0 Å². The number of thioether (sulfide) groups is 1. The molecule has 3 heterocycles. The van der Waals surface area contributed by atoms with Crippen molar-refractivity contribution in [3.8, 4) is 11.3 Å². The summed E-state index contributed by atoms with van der Waals surface area (Å²) in [6, 6.07) is 6.62. The van der Waals surface area contributed by atoms with Crippen molar-refractivity contribution < 1.29 is 0 Å². The molecule has 0 radical (unpaired) electrons. The lowest BCUT2D eigenvalue weighted by atomic mass is 10.0. The van der Waals surface area contributed by atoms with Gasteiger partial charge >= 0.3 is 0 Å². The molecular weight excluding hydrogens is 278 g/mol. The van der Waals surface area contributed by atoms with Crippen molar-refractivity contribution in [1.82, 2.24) is 9.55 Å². The Labute approximate surface area is 130 Å². The molecule has 3 nitrogen and oxygen atoms in total. The van der Waals surface area contributed by atoms with Crippen LogP contribution >= 0.6 is 11.8 Å². The van der Waals surface area contributed by atoms with Crippen LogP contribution in [0.1, 0.15) is 25.3 Å². The van der Waals surface area contributed by atoms with E-state index in [-0.39, 0.29) is 0 Å².